The van der Waals surface area contributed by atoms with Crippen LogP contribution >= 0.6 is 0 Å². The van der Waals surface area contributed by atoms with E-state index in [0.29, 0.717) is 0 Å². The van der Waals surface area contributed by atoms with Gasteiger partial charge in [0.05, 0.1) is 13.3 Å². The molecule has 0 N–H and O–H groups in total. The lowest BCUT2D eigenvalue weighted by molar-refractivity contribution is 0.0421. The summed E-state index contributed by atoms with van der Waals surface area (Å²) in [5.41, 5.74) is -0.750. The normalized spacial score (nSPS) is 13.1. The van der Waals surface area contributed by atoms with Gasteiger partial charge < -0.3 is 0 Å². The van der Waals surface area contributed by atoms with Crippen molar-refractivity contribution in [2.75, 3.05) is 13.3 Å². The fraction of sp³-hybridized carbons (Fsp3) is 1.00. The first-order chi connectivity index (χ1) is 5.01. The second-order valence-electron chi connectivity index (χ2n) is 3.81. The van der Waals surface area contributed by atoms with E-state index in [0.717, 1.165) is 0 Å². The quantitative estimate of drug-likeness (QED) is 0.598. The van der Waals surface area contributed by atoms with Crippen LogP contribution in [0.1, 0.15) is 27.7 Å². The van der Waals surface area contributed by atoms with Gasteiger partial charge >= 0.3 is 0 Å². The molecule has 68 valence electrons. The van der Waals surface area contributed by atoms with E-state index in [1.54, 1.807) is 0 Å². The number of halogens is 2. The van der Waals surface area contributed by atoms with Gasteiger partial charge in [-0.1, -0.05) is 27.7 Å². The lowest BCUT2D eigenvalue weighted by atomic mass is 9.71. The zero-order chi connectivity index (χ0) is 9.07. The Labute approximate surface area is 68.0 Å². The van der Waals surface area contributed by atoms with E-state index in [1.807, 2.05) is 27.7 Å². The molecular formula is C9H18F2. The van der Waals surface area contributed by atoms with Gasteiger partial charge in [-0.15, -0.1) is 0 Å². The smallest absolute Gasteiger partial charge is 0.0980 e. The Balaban J connectivity index is 4.46. The van der Waals surface area contributed by atoms with Gasteiger partial charge in [-0.2, -0.15) is 0 Å². The Kier molecular flexibility index (Phi) is 3.98. The number of hydrogen-bond acceptors (Lipinski definition) is 0. The van der Waals surface area contributed by atoms with Crippen molar-refractivity contribution < 1.29 is 8.78 Å². The van der Waals surface area contributed by atoms with Crippen LogP contribution in [0.2, 0.25) is 0 Å². The second kappa shape index (κ2) is 4.03. The van der Waals surface area contributed by atoms with Gasteiger partial charge in [0.1, 0.15) is 0 Å². The molecular weight excluding hydrogens is 146 g/mol. The van der Waals surface area contributed by atoms with Crippen LogP contribution in [-0.2, 0) is 0 Å². The number of hydrogen-bond donors (Lipinski definition) is 0. The van der Waals surface area contributed by atoms with Crippen molar-refractivity contribution >= 4 is 0 Å². The standard InChI is InChI=1S/C9H18F2/c1-7(2)9(5-10,6-11)8(3)4/h7-8H,5-6H2,1-4H3. The molecule has 0 amide bonds. The predicted molar refractivity (Wildman–Crippen MR) is 44.1 cm³/mol. The van der Waals surface area contributed by atoms with E-state index < -0.39 is 18.8 Å². The van der Waals surface area contributed by atoms with Crippen LogP contribution in [0.3, 0.4) is 0 Å². The summed E-state index contributed by atoms with van der Waals surface area (Å²) in [4.78, 5) is 0. The highest BCUT2D eigenvalue weighted by molar-refractivity contribution is 4.84. The maximum atomic E-state index is 12.6. The average molecular weight is 164 g/mol. The monoisotopic (exact) mass is 164 g/mol. The zero-order valence-corrected chi connectivity index (χ0v) is 7.82. The van der Waals surface area contributed by atoms with E-state index in [9.17, 15) is 8.78 Å². The molecule has 0 heterocycles. The minimum atomic E-state index is -0.750. The van der Waals surface area contributed by atoms with Crippen molar-refractivity contribution in [1.82, 2.24) is 0 Å². The fourth-order valence-electron chi connectivity index (χ4n) is 1.32. The summed E-state index contributed by atoms with van der Waals surface area (Å²) >= 11 is 0. The van der Waals surface area contributed by atoms with Crippen LogP contribution in [0, 0.1) is 17.3 Å². The molecule has 0 unspecified atom stereocenters. The summed E-state index contributed by atoms with van der Waals surface area (Å²) in [5.74, 6) is 0.134. The Morgan fingerprint density at radius 3 is 1.18 bits per heavy atom. The number of rotatable bonds is 4. The van der Waals surface area contributed by atoms with Crippen molar-refractivity contribution in [3.63, 3.8) is 0 Å². The Morgan fingerprint density at radius 1 is 0.909 bits per heavy atom. The molecule has 0 aliphatic heterocycles. The lowest BCUT2D eigenvalue weighted by Gasteiger charge is -2.36. The van der Waals surface area contributed by atoms with E-state index in [1.165, 1.54) is 0 Å². The molecule has 0 nitrogen and oxygen atoms in total. The van der Waals surface area contributed by atoms with E-state index >= 15 is 0 Å². The molecule has 0 saturated carbocycles. The van der Waals surface area contributed by atoms with Gasteiger partial charge in [0, 0.05) is 5.41 Å². The average Bonchev–Trinajstić information content (AvgIpc) is 1.90. The maximum absolute atomic E-state index is 12.6. The Morgan fingerprint density at radius 2 is 1.18 bits per heavy atom. The van der Waals surface area contributed by atoms with Gasteiger partial charge in [0.25, 0.3) is 0 Å². The van der Waals surface area contributed by atoms with E-state index in [-0.39, 0.29) is 11.8 Å². The van der Waals surface area contributed by atoms with Gasteiger partial charge in [-0.05, 0) is 11.8 Å². The summed E-state index contributed by atoms with van der Waals surface area (Å²) in [6.45, 7) is 6.38. The summed E-state index contributed by atoms with van der Waals surface area (Å²) in [7, 11) is 0. The van der Waals surface area contributed by atoms with Crippen LogP contribution in [-0.4, -0.2) is 13.3 Å². The minimum absolute atomic E-state index is 0.0671. The zero-order valence-electron chi connectivity index (χ0n) is 7.82. The predicted octanol–water partition coefficient (Wildman–Crippen LogP) is 3.22. The molecule has 0 spiro atoms. The molecule has 0 rings (SSSR count). The molecule has 0 bridgehead atoms. The van der Waals surface area contributed by atoms with Crippen molar-refractivity contribution in [3.8, 4) is 0 Å². The molecule has 0 atom stereocenters. The highest BCUT2D eigenvalue weighted by atomic mass is 19.1. The van der Waals surface area contributed by atoms with Crippen LogP contribution in [0.4, 0.5) is 8.78 Å². The highest BCUT2D eigenvalue weighted by Gasteiger charge is 2.37. The first kappa shape index (κ1) is 10.9. The molecule has 0 fully saturated rings. The second-order valence-corrected chi connectivity index (χ2v) is 3.81. The first-order valence-corrected chi connectivity index (χ1v) is 4.13. The third-order valence-corrected chi connectivity index (χ3v) is 2.80. The molecule has 0 aromatic heterocycles. The maximum Gasteiger partial charge on any atom is 0.0980 e. The summed E-state index contributed by atoms with van der Waals surface area (Å²) < 4.78 is 25.1. The molecule has 0 radical (unpaired) electrons. The molecule has 0 aromatic rings. The molecule has 0 aromatic carbocycles. The van der Waals surface area contributed by atoms with Crippen molar-refractivity contribution in [2.45, 2.75) is 27.7 Å². The van der Waals surface area contributed by atoms with Gasteiger partial charge in [-0.3, -0.25) is 8.78 Å². The molecule has 11 heavy (non-hydrogen) atoms. The van der Waals surface area contributed by atoms with Gasteiger partial charge in [0.2, 0.25) is 0 Å². The van der Waals surface area contributed by atoms with Crippen LogP contribution in [0.15, 0.2) is 0 Å². The van der Waals surface area contributed by atoms with E-state index in [2.05, 4.69) is 0 Å². The SMILES string of the molecule is CC(C)C(CF)(CF)C(C)C. The molecule has 0 saturated heterocycles. The topological polar surface area (TPSA) is 0 Å². The summed E-state index contributed by atoms with van der Waals surface area (Å²) in [5, 5.41) is 0. The minimum Gasteiger partial charge on any atom is -0.250 e. The first-order valence-electron chi connectivity index (χ1n) is 4.13. The van der Waals surface area contributed by atoms with Crippen molar-refractivity contribution in [1.29, 1.82) is 0 Å². The number of alkyl halides is 2. The molecule has 0 aliphatic rings. The third kappa shape index (κ3) is 1.91. The van der Waals surface area contributed by atoms with Crippen molar-refractivity contribution in [2.24, 2.45) is 17.3 Å². The Hall–Kier alpha value is -0.140. The fourth-order valence-corrected chi connectivity index (χ4v) is 1.32. The van der Waals surface area contributed by atoms with E-state index in [4.69, 9.17) is 0 Å². The molecule has 0 aliphatic carbocycles. The van der Waals surface area contributed by atoms with Crippen LogP contribution < -0.4 is 0 Å². The van der Waals surface area contributed by atoms with Crippen LogP contribution in [0.5, 0.6) is 0 Å². The molecule has 2 heteroatoms. The highest BCUT2D eigenvalue weighted by Crippen LogP contribution is 2.36. The van der Waals surface area contributed by atoms with Crippen LogP contribution in [0.25, 0.3) is 0 Å². The third-order valence-electron chi connectivity index (χ3n) is 2.80. The van der Waals surface area contributed by atoms with Gasteiger partial charge in [-0.25, -0.2) is 0 Å². The summed E-state index contributed by atoms with van der Waals surface area (Å²) in [6, 6.07) is 0. The largest absolute Gasteiger partial charge is 0.250 e. The Bertz CT molecular complexity index is 94.1. The van der Waals surface area contributed by atoms with Crippen molar-refractivity contribution in [3.05, 3.63) is 0 Å². The lowest BCUT2D eigenvalue weighted by Crippen LogP contribution is -2.37. The summed E-state index contributed by atoms with van der Waals surface area (Å²) in [6.07, 6.45) is 0. The van der Waals surface area contributed by atoms with Gasteiger partial charge in [0.15, 0.2) is 0 Å².